The molecule has 3 aromatic rings. The highest BCUT2D eigenvalue weighted by molar-refractivity contribution is 6.04. The summed E-state index contributed by atoms with van der Waals surface area (Å²) in [7, 11) is 0. The van der Waals surface area contributed by atoms with Gasteiger partial charge in [0.1, 0.15) is 11.3 Å². The van der Waals surface area contributed by atoms with Crippen LogP contribution in [0, 0.1) is 34.4 Å². The average Bonchev–Trinajstić information content (AvgIpc) is 2.70. The second kappa shape index (κ2) is 7.63. The Labute approximate surface area is 155 Å². The van der Waals surface area contributed by atoms with E-state index in [1.807, 2.05) is 37.3 Å². The third-order valence-corrected chi connectivity index (χ3v) is 4.04. The van der Waals surface area contributed by atoms with Crippen molar-refractivity contribution in [1.82, 2.24) is 4.98 Å². The number of benzene rings is 2. The zero-order valence-corrected chi connectivity index (χ0v) is 14.4. The largest absolute Gasteiger partial charge is 0.493 e. The van der Waals surface area contributed by atoms with Crippen LogP contribution in [0.25, 0.3) is 22.2 Å². The molecule has 0 N–H and O–H groups in total. The summed E-state index contributed by atoms with van der Waals surface area (Å²) in [5, 5.41) is 18.2. The number of halogens is 1. The highest BCUT2D eigenvalue weighted by Crippen LogP contribution is 2.33. The van der Waals surface area contributed by atoms with E-state index in [1.165, 1.54) is 12.1 Å². The summed E-state index contributed by atoms with van der Waals surface area (Å²) >= 11 is 0. The van der Waals surface area contributed by atoms with Gasteiger partial charge in [0.2, 0.25) is 0 Å². The van der Waals surface area contributed by atoms with Gasteiger partial charge in [-0.3, -0.25) is 4.79 Å². The van der Waals surface area contributed by atoms with Gasteiger partial charge in [0, 0.05) is 17.0 Å². The maximum atomic E-state index is 15.1. The van der Waals surface area contributed by atoms with E-state index in [0.29, 0.717) is 23.4 Å². The summed E-state index contributed by atoms with van der Waals surface area (Å²) in [6.45, 7) is 2.19. The summed E-state index contributed by atoms with van der Waals surface area (Å²) in [6, 6.07) is 16.8. The average molecular weight is 359 g/mol. The molecule has 1 heterocycles. The topological polar surface area (TPSA) is 86.8 Å². The number of ketones is 1. The van der Waals surface area contributed by atoms with Crippen LogP contribution in [0.3, 0.4) is 0 Å². The molecule has 0 unspecified atom stereocenters. The SMILES string of the molecule is CCOc1cc(-c2ccccc2)nc2c(F)c(C(=O)C(C#N)C#N)ccc12. The number of ether oxygens (including phenoxy) is 1. The van der Waals surface area contributed by atoms with Gasteiger partial charge in [-0.15, -0.1) is 0 Å². The van der Waals surface area contributed by atoms with E-state index < -0.39 is 17.5 Å². The van der Waals surface area contributed by atoms with Crippen LogP contribution in [0.1, 0.15) is 17.3 Å². The predicted molar refractivity (Wildman–Crippen MR) is 97.4 cm³/mol. The van der Waals surface area contributed by atoms with Crippen LogP contribution in [0.5, 0.6) is 5.75 Å². The first-order valence-electron chi connectivity index (χ1n) is 8.25. The normalized spacial score (nSPS) is 10.4. The lowest BCUT2D eigenvalue weighted by atomic mass is 9.97. The number of nitrogens with zero attached hydrogens (tertiary/aromatic N) is 3. The molecule has 132 valence electrons. The fourth-order valence-corrected chi connectivity index (χ4v) is 2.75. The summed E-state index contributed by atoms with van der Waals surface area (Å²) < 4.78 is 20.7. The van der Waals surface area contributed by atoms with Gasteiger partial charge in [0.05, 0.1) is 30.0 Å². The van der Waals surface area contributed by atoms with E-state index in [9.17, 15) is 4.79 Å². The van der Waals surface area contributed by atoms with Gasteiger partial charge in [-0.1, -0.05) is 30.3 Å². The standard InChI is InChI=1S/C21H14FN3O2/c1-2-27-18-10-17(13-6-4-3-5-7-13)25-20-15(18)8-9-16(19(20)22)21(26)14(11-23)12-24/h3-10,14H,2H2,1H3. The molecular formula is C21H14FN3O2. The number of pyridine rings is 1. The minimum absolute atomic E-state index is 0.0414. The molecule has 0 aliphatic heterocycles. The number of fused-ring (bicyclic) bond motifs is 1. The van der Waals surface area contributed by atoms with Gasteiger partial charge in [0.25, 0.3) is 0 Å². The monoisotopic (exact) mass is 359 g/mol. The number of hydrogen-bond donors (Lipinski definition) is 0. The van der Waals surface area contributed by atoms with Crippen molar-refractivity contribution >= 4 is 16.7 Å². The molecule has 0 atom stereocenters. The van der Waals surface area contributed by atoms with Crippen LogP contribution >= 0.6 is 0 Å². The van der Waals surface area contributed by atoms with Crippen LogP contribution in [0.4, 0.5) is 4.39 Å². The molecule has 0 fully saturated rings. The summed E-state index contributed by atoms with van der Waals surface area (Å²) in [6.07, 6.45) is 0. The first kappa shape index (κ1) is 18.0. The van der Waals surface area contributed by atoms with Gasteiger partial charge in [-0.2, -0.15) is 10.5 Å². The molecule has 0 aliphatic rings. The molecule has 0 spiro atoms. The van der Waals surface area contributed by atoms with Crippen molar-refractivity contribution in [3.05, 3.63) is 59.9 Å². The quantitative estimate of drug-likeness (QED) is 0.634. The number of carbonyl (C=O) groups is 1. The smallest absolute Gasteiger partial charge is 0.197 e. The first-order chi connectivity index (χ1) is 13.1. The van der Waals surface area contributed by atoms with Crippen LogP contribution in [0.15, 0.2) is 48.5 Å². The van der Waals surface area contributed by atoms with Gasteiger partial charge in [0.15, 0.2) is 17.5 Å². The molecule has 1 aromatic heterocycles. The van der Waals surface area contributed by atoms with Crippen LogP contribution in [-0.2, 0) is 0 Å². The Balaban J connectivity index is 2.26. The molecule has 27 heavy (non-hydrogen) atoms. The van der Waals surface area contributed by atoms with E-state index >= 15 is 4.39 Å². The van der Waals surface area contributed by atoms with Crippen molar-refractivity contribution in [3.63, 3.8) is 0 Å². The van der Waals surface area contributed by atoms with Gasteiger partial charge >= 0.3 is 0 Å². The first-order valence-corrected chi connectivity index (χ1v) is 8.25. The fourth-order valence-electron chi connectivity index (χ4n) is 2.75. The van der Waals surface area contributed by atoms with Crippen molar-refractivity contribution in [1.29, 1.82) is 10.5 Å². The molecule has 0 saturated heterocycles. The van der Waals surface area contributed by atoms with Gasteiger partial charge in [-0.25, -0.2) is 9.37 Å². The molecule has 0 bridgehead atoms. The predicted octanol–water partition coefficient (Wildman–Crippen LogP) is 4.29. The minimum atomic E-state index is -1.57. The maximum Gasteiger partial charge on any atom is 0.197 e. The molecule has 2 aromatic carbocycles. The number of hydrogen-bond acceptors (Lipinski definition) is 5. The Hall–Kier alpha value is -3.77. The highest BCUT2D eigenvalue weighted by atomic mass is 19.1. The number of rotatable bonds is 5. The molecule has 0 saturated carbocycles. The molecular weight excluding hydrogens is 345 g/mol. The van der Waals surface area contributed by atoms with Gasteiger partial charge in [-0.05, 0) is 19.1 Å². The zero-order valence-electron chi connectivity index (χ0n) is 14.4. The molecule has 0 radical (unpaired) electrons. The molecule has 0 amide bonds. The third-order valence-electron chi connectivity index (χ3n) is 4.04. The molecule has 0 aliphatic carbocycles. The van der Waals surface area contributed by atoms with Crippen molar-refractivity contribution < 1.29 is 13.9 Å². The fraction of sp³-hybridized carbons (Fsp3) is 0.143. The van der Waals surface area contributed by atoms with Crippen LogP contribution < -0.4 is 4.74 Å². The molecule has 6 heteroatoms. The van der Waals surface area contributed by atoms with Crippen LogP contribution in [0.2, 0.25) is 0 Å². The Morgan fingerprint density at radius 3 is 2.52 bits per heavy atom. The summed E-state index contributed by atoms with van der Waals surface area (Å²) in [4.78, 5) is 16.7. The Kier molecular flexibility index (Phi) is 5.10. The van der Waals surface area contributed by atoms with Crippen molar-refractivity contribution in [2.24, 2.45) is 5.92 Å². The maximum absolute atomic E-state index is 15.1. The van der Waals surface area contributed by atoms with Crippen molar-refractivity contribution in [2.45, 2.75) is 6.92 Å². The zero-order chi connectivity index (χ0) is 19.4. The number of Topliss-reactive ketones (excluding diaryl/α,β-unsaturated/α-hetero) is 1. The Morgan fingerprint density at radius 2 is 1.89 bits per heavy atom. The second-order valence-corrected chi connectivity index (χ2v) is 5.68. The number of carbonyl (C=O) groups excluding carboxylic acids is 1. The summed E-state index contributed by atoms with van der Waals surface area (Å²) in [5.74, 6) is -2.88. The van der Waals surface area contributed by atoms with Crippen molar-refractivity contribution in [3.8, 4) is 29.1 Å². The van der Waals surface area contributed by atoms with E-state index in [2.05, 4.69) is 4.98 Å². The minimum Gasteiger partial charge on any atom is -0.493 e. The second-order valence-electron chi connectivity index (χ2n) is 5.68. The number of nitriles is 2. The van der Waals surface area contributed by atoms with Crippen molar-refractivity contribution in [2.75, 3.05) is 6.61 Å². The lowest BCUT2D eigenvalue weighted by molar-refractivity contribution is 0.0967. The lowest BCUT2D eigenvalue weighted by Crippen LogP contribution is -2.13. The lowest BCUT2D eigenvalue weighted by Gasteiger charge is -2.12. The highest BCUT2D eigenvalue weighted by Gasteiger charge is 2.25. The number of aromatic nitrogens is 1. The third kappa shape index (κ3) is 3.33. The van der Waals surface area contributed by atoms with Crippen LogP contribution in [-0.4, -0.2) is 17.4 Å². The molecule has 3 rings (SSSR count). The molecule has 5 nitrogen and oxygen atoms in total. The van der Waals surface area contributed by atoms with E-state index in [0.717, 1.165) is 5.56 Å². The van der Waals surface area contributed by atoms with E-state index in [1.54, 1.807) is 18.2 Å². The van der Waals surface area contributed by atoms with E-state index in [4.69, 9.17) is 15.3 Å². The van der Waals surface area contributed by atoms with E-state index in [-0.39, 0.29) is 11.1 Å². The Bertz CT molecular complexity index is 1080. The van der Waals surface area contributed by atoms with Gasteiger partial charge < -0.3 is 4.74 Å². The Morgan fingerprint density at radius 1 is 1.19 bits per heavy atom. The summed E-state index contributed by atoms with van der Waals surface area (Å²) in [5.41, 5.74) is 0.881.